The van der Waals surface area contributed by atoms with E-state index in [1.807, 2.05) is 32.0 Å². The lowest BCUT2D eigenvalue weighted by Gasteiger charge is -2.15. The first-order valence-electron chi connectivity index (χ1n) is 6.49. The predicted molar refractivity (Wildman–Crippen MR) is 88.7 cm³/mol. The number of halogens is 1. The number of hydrogen-bond acceptors (Lipinski definition) is 2. The summed E-state index contributed by atoms with van der Waals surface area (Å²) in [6.45, 7) is 4.01. The van der Waals surface area contributed by atoms with Gasteiger partial charge in [0.15, 0.2) is 16.7 Å². The van der Waals surface area contributed by atoms with Crippen molar-refractivity contribution in [3.8, 4) is 5.75 Å². The van der Waals surface area contributed by atoms with Crippen LogP contribution in [0.3, 0.4) is 0 Å². The second kappa shape index (κ2) is 6.54. The molecule has 0 aliphatic rings. The highest BCUT2D eigenvalue weighted by molar-refractivity contribution is 7.80. The van der Waals surface area contributed by atoms with Gasteiger partial charge in [0.1, 0.15) is 0 Å². The number of benzene rings is 2. The Morgan fingerprint density at radius 2 is 1.76 bits per heavy atom. The summed E-state index contributed by atoms with van der Waals surface area (Å²) in [6.07, 6.45) is 0. The first-order chi connectivity index (χ1) is 10.0. The first-order valence-corrected chi connectivity index (χ1v) is 6.90. The van der Waals surface area contributed by atoms with Crippen LogP contribution in [-0.2, 0) is 0 Å². The van der Waals surface area contributed by atoms with Crippen LogP contribution >= 0.6 is 12.2 Å². The van der Waals surface area contributed by atoms with Crippen LogP contribution in [0.1, 0.15) is 11.1 Å². The van der Waals surface area contributed by atoms with E-state index in [1.54, 1.807) is 12.1 Å². The summed E-state index contributed by atoms with van der Waals surface area (Å²) >= 11 is 5.27. The quantitative estimate of drug-likeness (QED) is 0.830. The van der Waals surface area contributed by atoms with Crippen LogP contribution in [0.2, 0.25) is 0 Å². The maximum absolute atomic E-state index is 13.6. The highest BCUT2D eigenvalue weighted by atomic mass is 32.1. The molecule has 0 aromatic heterocycles. The van der Waals surface area contributed by atoms with Crippen molar-refractivity contribution in [2.75, 3.05) is 17.7 Å². The minimum atomic E-state index is -0.433. The number of hydrogen-bond donors (Lipinski definition) is 2. The molecule has 0 aliphatic heterocycles. The van der Waals surface area contributed by atoms with Crippen molar-refractivity contribution in [1.82, 2.24) is 0 Å². The Bertz CT molecular complexity index is 653. The van der Waals surface area contributed by atoms with Crippen molar-refractivity contribution in [1.29, 1.82) is 0 Å². The van der Waals surface area contributed by atoms with Crippen molar-refractivity contribution in [2.24, 2.45) is 0 Å². The molecule has 0 radical (unpaired) electrons. The lowest BCUT2D eigenvalue weighted by Crippen LogP contribution is -2.20. The molecule has 0 heterocycles. The van der Waals surface area contributed by atoms with Crippen molar-refractivity contribution in [3.63, 3.8) is 0 Å². The normalized spacial score (nSPS) is 10.1. The molecular weight excluding hydrogens is 287 g/mol. The summed E-state index contributed by atoms with van der Waals surface area (Å²) < 4.78 is 18.5. The number of ether oxygens (including phenoxy) is 1. The zero-order valence-corrected chi connectivity index (χ0v) is 13.0. The molecule has 2 N–H and O–H groups in total. The Balaban J connectivity index is 2.10. The number of thiocarbonyl (C=S) groups is 1. The van der Waals surface area contributed by atoms with Crippen molar-refractivity contribution >= 4 is 28.7 Å². The first kappa shape index (κ1) is 15.3. The van der Waals surface area contributed by atoms with E-state index in [0.29, 0.717) is 10.8 Å². The van der Waals surface area contributed by atoms with Crippen molar-refractivity contribution in [3.05, 3.63) is 53.3 Å². The van der Waals surface area contributed by atoms with Gasteiger partial charge in [-0.3, -0.25) is 0 Å². The van der Waals surface area contributed by atoms with Crippen LogP contribution in [0.15, 0.2) is 36.4 Å². The molecule has 2 aromatic carbocycles. The molecule has 0 unspecified atom stereocenters. The van der Waals surface area contributed by atoms with E-state index < -0.39 is 5.82 Å². The lowest BCUT2D eigenvalue weighted by atomic mass is 10.1. The summed E-state index contributed by atoms with van der Waals surface area (Å²) in [5.41, 5.74) is 3.72. The van der Waals surface area contributed by atoms with Crippen LogP contribution in [0, 0.1) is 19.7 Å². The van der Waals surface area contributed by atoms with E-state index in [2.05, 4.69) is 10.6 Å². The molecule has 0 bridgehead atoms. The number of anilines is 2. The van der Waals surface area contributed by atoms with Crippen LogP contribution in [0.5, 0.6) is 5.75 Å². The Morgan fingerprint density at radius 3 is 2.33 bits per heavy atom. The molecule has 2 aromatic rings. The van der Waals surface area contributed by atoms with Gasteiger partial charge >= 0.3 is 0 Å². The largest absolute Gasteiger partial charge is 0.494 e. The smallest absolute Gasteiger partial charge is 0.175 e. The molecule has 0 aliphatic carbocycles. The fourth-order valence-corrected chi connectivity index (χ4v) is 2.25. The van der Waals surface area contributed by atoms with Gasteiger partial charge in [-0.1, -0.05) is 18.2 Å². The molecule has 0 atom stereocenters. The Hall–Kier alpha value is -2.14. The Labute approximate surface area is 129 Å². The number of para-hydroxylation sites is 1. The topological polar surface area (TPSA) is 33.3 Å². The van der Waals surface area contributed by atoms with Crippen LogP contribution in [-0.4, -0.2) is 12.2 Å². The zero-order valence-electron chi connectivity index (χ0n) is 12.2. The molecule has 21 heavy (non-hydrogen) atoms. The van der Waals surface area contributed by atoms with Gasteiger partial charge in [0.05, 0.1) is 7.11 Å². The number of nitrogens with one attached hydrogen (secondary N) is 2. The van der Waals surface area contributed by atoms with E-state index in [4.69, 9.17) is 17.0 Å². The summed E-state index contributed by atoms with van der Waals surface area (Å²) in [4.78, 5) is 0. The number of aryl methyl sites for hydroxylation is 2. The van der Waals surface area contributed by atoms with Gasteiger partial charge in [-0.05, 0) is 49.3 Å². The molecule has 5 heteroatoms. The molecule has 110 valence electrons. The third kappa shape index (κ3) is 3.70. The van der Waals surface area contributed by atoms with Crippen LogP contribution in [0.25, 0.3) is 0 Å². The third-order valence-electron chi connectivity index (χ3n) is 3.13. The summed E-state index contributed by atoms with van der Waals surface area (Å²) in [5.74, 6) is -0.230. The minimum Gasteiger partial charge on any atom is -0.494 e. The second-order valence-electron chi connectivity index (χ2n) is 4.70. The van der Waals surface area contributed by atoms with Gasteiger partial charge in [0, 0.05) is 17.4 Å². The SMILES string of the molecule is COc1ccc(NC(=S)Nc2c(C)cccc2C)cc1F. The predicted octanol–water partition coefficient (Wildman–Crippen LogP) is 4.26. The lowest BCUT2D eigenvalue weighted by molar-refractivity contribution is 0.387. The monoisotopic (exact) mass is 304 g/mol. The highest BCUT2D eigenvalue weighted by Gasteiger charge is 2.07. The van der Waals surface area contributed by atoms with Crippen LogP contribution in [0.4, 0.5) is 15.8 Å². The molecule has 0 saturated carbocycles. The standard InChI is InChI=1S/C16H17FN2OS/c1-10-5-4-6-11(2)15(10)19-16(21)18-12-7-8-14(20-3)13(17)9-12/h4-9H,1-3H3,(H2,18,19,21). The Morgan fingerprint density at radius 1 is 1.10 bits per heavy atom. The maximum atomic E-state index is 13.6. The van der Waals surface area contributed by atoms with Gasteiger partial charge in [0.25, 0.3) is 0 Å². The van der Waals surface area contributed by atoms with Gasteiger partial charge in [0.2, 0.25) is 0 Å². The molecule has 0 fully saturated rings. The van der Waals surface area contributed by atoms with Gasteiger partial charge < -0.3 is 15.4 Å². The molecule has 0 amide bonds. The van der Waals surface area contributed by atoms with Crippen molar-refractivity contribution in [2.45, 2.75) is 13.8 Å². The molecule has 2 rings (SSSR count). The number of rotatable bonds is 3. The Kier molecular flexibility index (Phi) is 4.75. The minimum absolute atomic E-state index is 0.203. The second-order valence-corrected chi connectivity index (χ2v) is 5.10. The molecule has 0 saturated heterocycles. The molecule has 0 spiro atoms. The third-order valence-corrected chi connectivity index (χ3v) is 3.33. The highest BCUT2D eigenvalue weighted by Crippen LogP contribution is 2.22. The summed E-state index contributed by atoms with van der Waals surface area (Å²) in [6, 6.07) is 10.6. The average molecular weight is 304 g/mol. The van der Waals surface area contributed by atoms with Gasteiger partial charge in [-0.25, -0.2) is 4.39 Å². The fourth-order valence-electron chi connectivity index (χ4n) is 2.03. The van der Waals surface area contributed by atoms with Crippen molar-refractivity contribution < 1.29 is 9.13 Å². The molecular formula is C16H17FN2OS. The van der Waals surface area contributed by atoms with Gasteiger partial charge in [-0.2, -0.15) is 0 Å². The maximum Gasteiger partial charge on any atom is 0.175 e. The van der Waals surface area contributed by atoms with E-state index in [9.17, 15) is 4.39 Å². The summed E-state index contributed by atoms with van der Waals surface area (Å²) in [5, 5.41) is 6.52. The van der Waals surface area contributed by atoms with E-state index in [0.717, 1.165) is 16.8 Å². The zero-order chi connectivity index (χ0) is 15.4. The van der Waals surface area contributed by atoms with Gasteiger partial charge in [-0.15, -0.1) is 0 Å². The van der Waals surface area contributed by atoms with E-state index in [-0.39, 0.29) is 5.75 Å². The van der Waals surface area contributed by atoms with Crippen LogP contribution < -0.4 is 15.4 Å². The van der Waals surface area contributed by atoms with E-state index >= 15 is 0 Å². The summed E-state index contributed by atoms with van der Waals surface area (Å²) in [7, 11) is 1.43. The fraction of sp³-hybridized carbons (Fsp3) is 0.188. The molecule has 3 nitrogen and oxygen atoms in total. The van der Waals surface area contributed by atoms with E-state index in [1.165, 1.54) is 13.2 Å². The average Bonchev–Trinajstić information content (AvgIpc) is 2.43. The number of methoxy groups -OCH3 is 1.